The van der Waals surface area contributed by atoms with Gasteiger partial charge in [-0.2, -0.15) is 0 Å². The fourth-order valence-electron chi connectivity index (χ4n) is 2.22. The zero-order valence-corrected chi connectivity index (χ0v) is 11.5. The van der Waals surface area contributed by atoms with E-state index < -0.39 is 0 Å². The Hall–Kier alpha value is -1.61. The van der Waals surface area contributed by atoms with Crippen molar-refractivity contribution in [2.45, 2.75) is 32.4 Å². The first-order chi connectivity index (χ1) is 9.20. The lowest BCUT2D eigenvalue weighted by Gasteiger charge is -2.15. The second-order valence-electron chi connectivity index (χ2n) is 5.19. The average molecular weight is 259 g/mol. The fraction of sp³-hybridized carbons (Fsp3) is 0.438. The highest BCUT2D eigenvalue weighted by molar-refractivity contribution is 5.95. The quantitative estimate of drug-likeness (QED) is 0.826. The molecular weight excluding hydrogens is 238 g/mol. The maximum Gasteiger partial charge on any atom is 0.217 e. The molecule has 102 valence electrons. The summed E-state index contributed by atoms with van der Waals surface area (Å²) >= 11 is 0. The number of hydrogen-bond donors (Lipinski definition) is 1. The molecule has 0 saturated heterocycles. The number of aliphatic imine (C=N–C) groups is 1. The van der Waals surface area contributed by atoms with Gasteiger partial charge in [0.25, 0.3) is 0 Å². The first kappa shape index (κ1) is 13.8. The van der Waals surface area contributed by atoms with Gasteiger partial charge in [0.1, 0.15) is 6.10 Å². The van der Waals surface area contributed by atoms with Crippen LogP contribution in [0.15, 0.2) is 47.5 Å². The lowest BCUT2D eigenvalue weighted by atomic mass is 10.00. The summed E-state index contributed by atoms with van der Waals surface area (Å²) in [7, 11) is 0. The molecule has 3 nitrogen and oxygen atoms in total. The Morgan fingerprint density at radius 3 is 2.68 bits per heavy atom. The minimum Gasteiger partial charge on any atom is -0.468 e. The van der Waals surface area contributed by atoms with Gasteiger partial charge in [0.2, 0.25) is 5.90 Å². The van der Waals surface area contributed by atoms with Crippen LogP contribution in [0.3, 0.4) is 0 Å². The van der Waals surface area contributed by atoms with Crippen LogP contribution in [0, 0.1) is 5.92 Å². The van der Waals surface area contributed by atoms with Crippen molar-refractivity contribution >= 4 is 5.90 Å². The van der Waals surface area contributed by atoms with Gasteiger partial charge in [-0.1, -0.05) is 38.1 Å². The molecule has 0 fully saturated rings. The zero-order valence-electron chi connectivity index (χ0n) is 11.5. The minimum absolute atomic E-state index is 0.0366. The third-order valence-corrected chi connectivity index (χ3v) is 3.07. The Balaban J connectivity index is 2.16. The number of aliphatic hydroxyl groups is 1. The van der Waals surface area contributed by atoms with Crippen LogP contribution in [0.4, 0.5) is 0 Å². The molecule has 0 aliphatic carbocycles. The highest BCUT2D eigenvalue weighted by atomic mass is 16.5. The molecule has 1 heterocycles. The summed E-state index contributed by atoms with van der Waals surface area (Å²) in [4.78, 5) is 4.69. The summed E-state index contributed by atoms with van der Waals surface area (Å²) in [6, 6.07) is 10.1. The van der Waals surface area contributed by atoms with Crippen LogP contribution < -0.4 is 0 Å². The van der Waals surface area contributed by atoms with Gasteiger partial charge in [0.05, 0.1) is 12.6 Å². The van der Waals surface area contributed by atoms with Gasteiger partial charge < -0.3 is 9.84 Å². The Morgan fingerprint density at radius 1 is 1.32 bits per heavy atom. The molecule has 0 bridgehead atoms. The van der Waals surface area contributed by atoms with E-state index in [-0.39, 0.29) is 18.8 Å². The Bertz CT molecular complexity index is 451. The van der Waals surface area contributed by atoms with Crippen molar-refractivity contribution in [3.63, 3.8) is 0 Å². The van der Waals surface area contributed by atoms with Crippen molar-refractivity contribution in [3.05, 3.63) is 48.0 Å². The van der Waals surface area contributed by atoms with Crippen LogP contribution in [0.2, 0.25) is 0 Å². The lowest BCUT2D eigenvalue weighted by molar-refractivity contribution is 0.227. The van der Waals surface area contributed by atoms with Gasteiger partial charge in [-0.15, -0.1) is 0 Å². The molecular formula is C16H21NO2. The molecule has 0 radical (unpaired) electrons. The zero-order chi connectivity index (χ0) is 13.7. The Morgan fingerprint density at radius 2 is 2.05 bits per heavy atom. The summed E-state index contributed by atoms with van der Waals surface area (Å²) in [5.41, 5.74) is 1.01. The number of nitrogens with zero attached hydrogens (tertiary/aromatic N) is 1. The molecule has 1 aliphatic rings. The van der Waals surface area contributed by atoms with E-state index in [4.69, 9.17) is 14.8 Å². The van der Waals surface area contributed by atoms with Crippen molar-refractivity contribution in [1.82, 2.24) is 0 Å². The average Bonchev–Trinajstić information content (AvgIpc) is 2.80. The summed E-state index contributed by atoms with van der Waals surface area (Å²) in [5.74, 6) is 1.27. The standard InChI is InChI=1S/C16H21NO2/c1-12(2)11-14-15(9-6-10-18)19-16(17-14)13-7-4-3-5-8-13/h3-9,12,14-15,18H,10-11H2,1-2H3/b9-6+/t14-,15-/m0/s1. The third kappa shape index (κ3) is 3.67. The first-order valence-corrected chi connectivity index (χ1v) is 6.78. The summed E-state index contributed by atoms with van der Waals surface area (Å²) in [6.07, 6.45) is 4.55. The minimum atomic E-state index is -0.0650. The molecule has 0 spiro atoms. The number of rotatable bonds is 5. The van der Waals surface area contributed by atoms with Crippen LogP contribution in [0.5, 0.6) is 0 Å². The van der Waals surface area contributed by atoms with E-state index in [1.807, 2.05) is 36.4 Å². The van der Waals surface area contributed by atoms with E-state index in [1.54, 1.807) is 6.08 Å². The maximum atomic E-state index is 8.90. The molecule has 0 amide bonds. The topological polar surface area (TPSA) is 41.8 Å². The Labute approximate surface area is 114 Å². The molecule has 1 N–H and O–H groups in total. The number of benzene rings is 1. The van der Waals surface area contributed by atoms with Gasteiger partial charge >= 0.3 is 0 Å². The van der Waals surface area contributed by atoms with Crippen molar-refractivity contribution in [1.29, 1.82) is 0 Å². The highest BCUT2D eigenvalue weighted by Crippen LogP contribution is 2.24. The lowest BCUT2D eigenvalue weighted by Crippen LogP contribution is -2.22. The van der Waals surface area contributed by atoms with Crippen LogP contribution in [0.25, 0.3) is 0 Å². The van der Waals surface area contributed by atoms with E-state index >= 15 is 0 Å². The monoisotopic (exact) mass is 259 g/mol. The predicted octanol–water partition coefficient (Wildman–Crippen LogP) is 2.80. The molecule has 1 aromatic rings. The third-order valence-electron chi connectivity index (χ3n) is 3.07. The van der Waals surface area contributed by atoms with Crippen molar-refractivity contribution in [3.8, 4) is 0 Å². The molecule has 0 saturated carbocycles. The number of aliphatic hydroxyl groups excluding tert-OH is 1. The summed E-state index contributed by atoms with van der Waals surface area (Å²) in [5, 5.41) is 8.90. The number of ether oxygens (including phenoxy) is 1. The second-order valence-corrected chi connectivity index (χ2v) is 5.19. The number of hydrogen-bond acceptors (Lipinski definition) is 3. The highest BCUT2D eigenvalue weighted by Gasteiger charge is 2.29. The van der Waals surface area contributed by atoms with Gasteiger partial charge in [-0.25, -0.2) is 4.99 Å². The van der Waals surface area contributed by atoms with E-state index in [0.717, 1.165) is 12.0 Å². The van der Waals surface area contributed by atoms with Crippen LogP contribution >= 0.6 is 0 Å². The van der Waals surface area contributed by atoms with Crippen molar-refractivity contribution in [2.24, 2.45) is 10.9 Å². The molecule has 1 aromatic carbocycles. The van der Waals surface area contributed by atoms with E-state index in [2.05, 4.69) is 13.8 Å². The maximum absolute atomic E-state index is 8.90. The fourth-order valence-corrected chi connectivity index (χ4v) is 2.22. The second kappa shape index (κ2) is 6.53. The van der Waals surface area contributed by atoms with Crippen LogP contribution in [0.1, 0.15) is 25.8 Å². The Kier molecular flexibility index (Phi) is 4.74. The molecule has 0 aromatic heterocycles. The molecule has 1 aliphatic heterocycles. The summed E-state index contributed by atoms with van der Waals surface area (Å²) in [6.45, 7) is 4.40. The van der Waals surface area contributed by atoms with Crippen LogP contribution in [-0.2, 0) is 4.74 Å². The summed E-state index contributed by atoms with van der Waals surface area (Å²) < 4.78 is 5.92. The first-order valence-electron chi connectivity index (χ1n) is 6.78. The van der Waals surface area contributed by atoms with Gasteiger partial charge in [0.15, 0.2) is 0 Å². The van der Waals surface area contributed by atoms with Gasteiger partial charge in [0, 0.05) is 5.56 Å². The predicted molar refractivity (Wildman–Crippen MR) is 77.3 cm³/mol. The molecule has 2 rings (SSSR count). The SMILES string of the molecule is CC(C)C[C@@H]1N=C(c2ccccc2)O[C@H]1/C=C/CO. The molecule has 2 atom stereocenters. The van der Waals surface area contributed by atoms with E-state index in [1.165, 1.54) is 0 Å². The van der Waals surface area contributed by atoms with Gasteiger partial charge in [-0.3, -0.25) is 0 Å². The van der Waals surface area contributed by atoms with Crippen LogP contribution in [-0.4, -0.2) is 29.8 Å². The van der Waals surface area contributed by atoms with Crippen molar-refractivity contribution < 1.29 is 9.84 Å². The van der Waals surface area contributed by atoms with Crippen molar-refractivity contribution in [2.75, 3.05) is 6.61 Å². The smallest absolute Gasteiger partial charge is 0.217 e. The van der Waals surface area contributed by atoms with E-state index in [0.29, 0.717) is 11.8 Å². The normalized spacial score (nSPS) is 22.8. The van der Waals surface area contributed by atoms with Gasteiger partial charge in [-0.05, 0) is 30.5 Å². The largest absolute Gasteiger partial charge is 0.468 e. The van der Waals surface area contributed by atoms with E-state index in [9.17, 15) is 0 Å². The molecule has 19 heavy (non-hydrogen) atoms. The molecule has 3 heteroatoms. The molecule has 0 unspecified atom stereocenters.